The molecule has 0 unspecified atom stereocenters. The maximum Gasteiger partial charge on any atom is 0.140 e. The molecule has 0 aliphatic rings. The predicted molar refractivity (Wildman–Crippen MR) is 71.5 cm³/mol. The Hall–Kier alpha value is -1.43. The Morgan fingerprint density at radius 1 is 1.22 bits per heavy atom. The van der Waals surface area contributed by atoms with Gasteiger partial charge in [-0.2, -0.15) is 0 Å². The van der Waals surface area contributed by atoms with E-state index in [4.69, 9.17) is 15.2 Å². The molecule has 5 heteroatoms. The molecule has 4 nitrogen and oxygen atoms in total. The molecule has 1 aromatic carbocycles. The zero-order chi connectivity index (χ0) is 12.8. The summed E-state index contributed by atoms with van der Waals surface area (Å²) < 4.78 is 10.7. The van der Waals surface area contributed by atoms with Crippen LogP contribution in [-0.4, -0.2) is 12.1 Å². The fraction of sp³-hybridized carbons (Fsp3) is 0.308. The van der Waals surface area contributed by atoms with Gasteiger partial charge in [0.15, 0.2) is 0 Å². The summed E-state index contributed by atoms with van der Waals surface area (Å²) in [6.07, 6.45) is 0. The molecule has 0 radical (unpaired) electrons. The Bertz CT molecular complexity index is 485. The smallest absolute Gasteiger partial charge is 0.140 e. The van der Waals surface area contributed by atoms with Crippen LogP contribution in [0.5, 0.6) is 5.75 Å². The number of para-hydroxylation sites is 1. The third kappa shape index (κ3) is 3.29. The second-order valence-corrected chi connectivity index (χ2v) is 4.88. The van der Waals surface area contributed by atoms with Gasteiger partial charge in [-0.05, 0) is 12.1 Å². The van der Waals surface area contributed by atoms with Crippen molar-refractivity contribution in [2.75, 3.05) is 7.11 Å². The molecule has 2 N–H and O–H groups in total. The lowest BCUT2D eigenvalue weighted by atomic mass is 10.3. The number of rotatable bonds is 6. The molecule has 0 aliphatic heterocycles. The van der Waals surface area contributed by atoms with Gasteiger partial charge in [-0.1, -0.05) is 18.2 Å². The summed E-state index contributed by atoms with van der Waals surface area (Å²) in [5.41, 5.74) is 6.59. The quantitative estimate of drug-likeness (QED) is 0.870. The van der Waals surface area contributed by atoms with Crippen molar-refractivity contribution in [1.82, 2.24) is 4.98 Å². The zero-order valence-electron chi connectivity index (χ0n) is 10.3. The summed E-state index contributed by atoms with van der Waals surface area (Å²) in [7, 11) is 1.65. The van der Waals surface area contributed by atoms with Gasteiger partial charge in [0.05, 0.1) is 12.3 Å². The standard InChI is InChI=1S/C13H16N2O2S/c1-16-8-11-12(7-14)18-13(15-11)9-17-10-5-3-2-4-6-10/h2-6H,7-9,14H2,1H3. The Morgan fingerprint density at radius 3 is 2.67 bits per heavy atom. The molecule has 0 saturated carbocycles. The summed E-state index contributed by atoms with van der Waals surface area (Å²) in [6, 6.07) is 9.69. The minimum absolute atomic E-state index is 0.464. The van der Waals surface area contributed by atoms with Crippen molar-refractivity contribution in [2.24, 2.45) is 5.73 Å². The van der Waals surface area contributed by atoms with Gasteiger partial charge in [-0.25, -0.2) is 4.98 Å². The minimum atomic E-state index is 0.464. The van der Waals surface area contributed by atoms with E-state index in [1.165, 1.54) is 0 Å². The molecular formula is C13H16N2O2S. The summed E-state index contributed by atoms with van der Waals surface area (Å²) in [5, 5.41) is 0.923. The average Bonchev–Trinajstić information content (AvgIpc) is 2.80. The Labute approximate surface area is 110 Å². The fourth-order valence-electron chi connectivity index (χ4n) is 1.57. The Morgan fingerprint density at radius 2 is 2.00 bits per heavy atom. The molecule has 2 rings (SSSR count). The Balaban J connectivity index is 2.01. The van der Waals surface area contributed by atoms with Gasteiger partial charge in [0.2, 0.25) is 0 Å². The normalized spacial score (nSPS) is 10.6. The molecule has 0 bridgehead atoms. The summed E-state index contributed by atoms with van der Waals surface area (Å²) in [4.78, 5) is 5.53. The Kier molecular flexibility index (Phi) is 4.69. The number of nitrogens with two attached hydrogens (primary N) is 1. The highest BCUT2D eigenvalue weighted by molar-refractivity contribution is 7.11. The molecule has 0 amide bonds. The van der Waals surface area contributed by atoms with Crippen molar-refractivity contribution in [3.05, 3.63) is 45.9 Å². The summed E-state index contributed by atoms with van der Waals surface area (Å²) >= 11 is 1.58. The van der Waals surface area contributed by atoms with Crippen LogP contribution in [0.2, 0.25) is 0 Å². The monoisotopic (exact) mass is 264 g/mol. The lowest BCUT2D eigenvalue weighted by molar-refractivity contribution is 0.181. The third-order valence-corrected chi connectivity index (χ3v) is 3.49. The van der Waals surface area contributed by atoms with E-state index in [0.717, 1.165) is 21.3 Å². The highest BCUT2D eigenvalue weighted by Crippen LogP contribution is 2.20. The van der Waals surface area contributed by atoms with Crippen LogP contribution in [0.25, 0.3) is 0 Å². The number of thiazole rings is 1. The van der Waals surface area contributed by atoms with Crippen molar-refractivity contribution in [3.63, 3.8) is 0 Å². The lowest BCUT2D eigenvalue weighted by Crippen LogP contribution is -1.99. The number of benzene rings is 1. The summed E-state index contributed by atoms with van der Waals surface area (Å²) in [5.74, 6) is 0.843. The zero-order valence-corrected chi connectivity index (χ0v) is 11.1. The van der Waals surface area contributed by atoms with E-state index in [-0.39, 0.29) is 0 Å². The van der Waals surface area contributed by atoms with E-state index >= 15 is 0 Å². The minimum Gasteiger partial charge on any atom is -0.486 e. The molecule has 18 heavy (non-hydrogen) atoms. The highest BCUT2D eigenvalue weighted by Gasteiger charge is 2.10. The highest BCUT2D eigenvalue weighted by atomic mass is 32.1. The molecule has 0 aliphatic carbocycles. The van der Waals surface area contributed by atoms with Crippen molar-refractivity contribution in [3.8, 4) is 5.75 Å². The van der Waals surface area contributed by atoms with E-state index in [9.17, 15) is 0 Å². The number of nitrogens with zero attached hydrogens (tertiary/aromatic N) is 1. The first kappa shape index (κ1) is 13.0. The van der Waals surface area contributed by atoms with Gasteiger partial charge in [0, 0.05) is 18.5 Å². The topological polar surface area (TPSA) is 57.4 Å². The van der Waals surface area contributed by atoms with E-state index in [1.807, 2.05) is 30.3 Å². The van der Waals surface area contributed by atoms with Crippen LogP contribution in [-0.2, 0) is 24.5 Å². The summed E-state index contributed by atoms with van der Waals surface area (Å²) in [6.45, 7) is 1.45. The first-order valence-electron chi connectivity index (χ1n) is 5.67. The van der Waals surface area contributed by atoms with Crippen molar-refractivity contribution in [1.29, 1.82) is 0 Å². The van der Waals surface area contributed by atoms with E-state index < -0.39 is 0 Å². The molecule has 0 atom stereocenters. The molecule has 96 valence electrons. The fourth-order valence-corrected chi connectivity index (χ4v) is 2.43. The second kappa shape index (κ2) is 6.49. The average molecular weight is 264 g/mol. The number of ether oxygens (including phenoxy) is 2. The van der Waals surface area contributed by atoms with Crippen LogP contribution in [0.4, 0.5) is 0 Å². The lowest BCUT2D eigenvalue weighted by Gasteiger charge is -2.02. The number of hydrogen-bond acceptors (Lipinski definition) is 5. The van der Waals surface area contributed by atoms with Crippen molar-refractivity contribution in [2.45, 2.75) is 19.8 Å². The van der Waals surface area contributed by atoms with Crippen LogP contribution in [0.3, 0.4) is 0 Å². The third-order valence-electron chi connectivity index (χ3n) is 2.39. The van der Waals surface area contributed by atoms with Crippen LogP contribution in [0.1, 0.15) is 15.6 Å². The number of hydrogen-bond donors (Lipinski definition) is 1. The molecular weight excluding hydrogens is 248 g/mol. The van der Waals surface area contributed by atoms with Gasteiger partial charge < -0.3 is 15.2 Å². The van der Waals surface area contributed by atoms with Crippen molar-refractivity contribution >= 4 is 11.3 Å². The van der Waals surface area contributed by atoms with Crippen LogP contribution >= 0.6 is 11.3 Å². The number of methoxy groups -OCH3 is 1. The first-order chi connectivity index (χ1) is 8.83. The maximum atomic E-state index is 5.68. The van der Waals surface area contributed by atoms with Crippen molar-refractivity contribution < 1.29 is 9.47 Å². The van der Waals surface area contributed by atoms with Gasteiger partial charge in [0.1, 0.15) is 17.4 Å². The van der Waals surface area contributed by atoms with Gasteiger partial charge in [-0.15, -0.1) is 11.3 Å². The maximum absolute atomic E-state index is 5.68. The van der Waals surface area contributed by atoms with E-state index in [0.29, 0.717) is 19.8 Å². The van der Waals surface area contributed by atoms with Gasteiger partial charge in [-0.3, -0.25) is 0 Å². The molecule has 0 fully saturated rings. The van der Waals surface area contributed by atoms with Gasteiger partial charge in [0.25, 0.3) is 0 Å². The molecule has 2 aromatic rings. The molecule has 1 heterocycles. The van der Waals surface area contributed by atoms with Crippen LogP contribution in [0.15, 0.2) is 30.3 Å². The largest absolute Gasteiger partial charge is 0.486 e. The molecule has 1 aromatic heterocycles. The van der Waals surface area contributed by atoms with E-state index in [1.54, 1.807) is 18.4 Å². The van der Waals surface area contributed by atoms with Crippen LogP contribution < -0.4 is 10.5 Å². The van der Waals surface area contributed by atoms with E-state index in [2.05, 4.69) is 4.98 Å². The van der Waals surface area contributed by atoms with Crippen LogP contribution in [0, 0.1) is 0 Å². The predicted octanol–water partition coefficient (Wildman–Crippen LogP) is 2.33. The first-order valence-corrected chi connectivity index (χ1v) is 6.49. The number of aromatic nitrogens is 1. The van der Waals surface area contributed by atoms with Gasteiger partial charge >= 0.3 is 0 Å². The molecule has 0 spiro atoms. The SMILES string of the molecule is COCc1nc(COc2ccccc2)sc1CN. The molecule has 0 saturated heterocycles. The second-order valence-electron chi connectivity index (χ2n) is 3.72.